The van der Waals surface area contributed by atoms with E-state index in [2.05, 4.69) is 10.2 Å². The zero-order valence-corrected chi connectivity index (χ0v) is 13.0. The molecule has 4 heteroatoms. The van der Waals surface area contributed by atoms with Crippen LogP contribution in [0.3, 0.4) is 0 Å². The summed E-state index contributed by atoms with van der Waals surface area (Å²) in [6.07, 6.45) is 6.30. The largest absolute Gasteiger partial charge is 0.368 e. The molecule has 0 aliphatic carbocycles. The molecule has 3 N–H and O–H groups in total. The summed E-state index contributed by atoms with van der Waals surface area (Å²) in [7, 11) is 1.82. The van der Waals surface area contributed by atoms with E-state index in [1.54, 1.807) is 0 Å². The van der Waals surface area contributed by atoms with E-state index in [-0.39, 0.29) is 5.91 Å². The smallest absolute Gasteiger partial charge is 0.243 e. The van der Waals surface area contributed by atoms with Gasteiger partial charge in [-0.05, 0) is 38.5 Å². The molecule has 0 radical (unpaired) electrons. The van der Waals surface area contributed by atoms with Gasteiger partial charge in [-0.25, -0.2) is 0 Å². The van der Waals surface area contributed by atoms with Gasteiger partial charge < -0.3 is 16.0 Å². The van der Waals surface area contributed by atoms with Crippen molar-refractivity contribution >= 4 is 5.91 Å². The van der Waals surface area contributed by atoms with Crippen molar-refractivity contribution in [2.45, 2.75) is 37.6 Å². The minimum absolute atomic E-state index is 0.307. The Morgan fingerprint density at radius 3 is 2.24 bits per heavy atom. The molecule has 2 rings (SSSR count). The summed E-state index contributed by atoms with van der Waals surface area (Å²) in [5.41, 5.74) is 5.91. The van der Waals surface area contributed by atoms with Crippen LogP contribution in [0.25, 0.3) is 0 Å². The van der Waals surface area contributed by atoms with E-state index in [0.29, 0.717) is 6.54 Å². The van der Waals surface area contributed by atoms with Crippen molar-refractivity contribution in [3.63, 3.8) is 0 Å². The molecule has 1 saturated heterocycles. The first-order valence-corrected chi connectivity index (χ1v) is 7.96. The zero-order valence-electron chi connectivity index (χ0n) is 13.0. The number of carbonyl (C=O) groups excluding carboxylic acids is 1. The van der Waals surface area contributed by atoms with Crippen molar-refractivity contribution in [2.75, 3.05) is 26.7 Å². The van der Waals surface area contributed by atoms with Crippen molar-refractivity contribution in [3.8, 4) is 0 Å². The van der Waals surface area contributed by atoms with E-state index < -0.39 is 5.54 Å². The van der Waals surface area contributed by atoms with Crippen molar-refractivity contribution in [1.82, 2.24) is 10.2 Å². The maximum atomic E-state index is 12.2. The Labute approximate surface area is 127 Å². The Bertz CT molecular complexity index is 441. The number of benzene rings is 1. The fourth-order valence-corrected chi connectivity index (χ4v) is 3.19. The van der Waals surface area contributed by atoms with Gasteiger partial charge in [0, 0.05) is 6.54 Å². The summed E-state index contributed by atoms with van der Waals surface area (Å²) in [5, 5.41) is 3.20. The minimum Gasteiger partial charge on any atom is -0.368 e. The van der Waals surface area contributed by atoms with Crippen molar-refractivity contribution < 1.29 is 4.79 Å². The number of hydrogen-bond donors (Lipinski definition) is 2. The van der Waals surface area contributed by atoms with E-state index in [0.717, 1.165) is 18.7 Å². The summed E-state index contributed by atoms with van der Waals surface area (Å²) in [4.78, 5) is 14.6. The molecular formula is C17H27N3O. The van der Waals surface area contributed by atoms with Gasteiger partial charge in [-0.2, -0.15) is 0 Å². The molecule has 0 saturated carbocycles. The summed E-state index contributed by atoms with van der Waals surface area (Å²) in [5.74, 6) is -0.307. The van der Waals surface area contributed by atoms with Crippen LogP contribution in [0.5, 0.6) is 0 Å². The Morgan fingerprint density at radius 1 is 1.14 bits per heavy atom. The Kier molecular flexibility index (Phi) is 5.76. The van der Waals surface area contributed by atoms with Crippen molar-refractivity contribution in [1.29, 1.82) is 0 Å². The maximum Gasteiger partial charge on any atom is 0.243 e. The number of nitrogens with zero attached hydrogens (tertiary/aromatic N) is 1. The molecule has 1 atom stereocenters. The molecule has 4 nitrogen and oxygen atoms in total. The highest BCUT2D eigenvalue weighted by Gasteiger charge is 2.38. The van der Waals surface area contributed by atoms with Crippen molar-refractivity contribution in [2.24, 2.45) is 5.73 Å². The molecule has 1 aromatic carbocycles. The van der Waals surface area contributed by atoms with E-state index >= 15 is 0 Å². The van der Waals surface area contributed by atoms with Gasteiger partial charge in [-0.3, -0.25) is 4.79 Å². The lowest BCUT2D eigenvalue weighted by Gasteiger charge is -2.37. The number of hydrogen-bond acceptors (Lipinski definition) is 3. The summed E-state index contributed by atoms with van der Waals surface area (Å²) < 4.78 is 0. The first kappa shape index (κ1) is 16.0. The number of likely N-dealkylation sites (N-methyl/N-ethyl adjacent to an activating group) is 1. The number of amides is 1. The molecule has 1 fully saturated rings. The number of nitrogens with one attached hydrogen (secondary N) is 1. The van der Waals surface area contributed by atoms with Crippen LogP contribution < -0.4 is 11.1 Å². The second kappa shape index (κ2) is 7.57. The van der Waals surface area contributed by atoms with Crippen LogP contribution in [0.2, 0.25) is 0 Å². The number of nitrogens with two attached hydrogens (primary N) is 1. The normalized spacial score (nSPS) is 20.2. The van der Waals surface area contributed by atoms with Gasteiger partial charge in [-0.1, -0.05) is 49.6 Å². The molecule has 1 aromatic rings. The standard InChI is InChI=1S/C17H27N3O/c1-19-17(16(18)21,15-10-6-5-7-11-15)14-20-12-8-3-2-4-9-13-20/h5-7,10-11,19H,2-4,8-9,12-14H2,1H3,(H2,18,21). The quantitative estimate of drug-likeness (QED) is 0.870. The number of rotatable bonds is 5. The molecule has 1 heterocycles. The maximum absolute atomic E-state index is 12.2. The topological polar surface area (TPSA) is 58.4 Å². The molecular weight excluding hydrogens is 262 g/mol. The number of carbonyl (C=O) groups is 1. The lowest BCUT2D eigenvalue weighted by atomic mass is 9.88. The molecule has 0 aromatic heterocycles. The Morgan fingerprint density at radius 2 is 1.71 bits per heavy atom. The molecule has 1 amide bonds. The van der Waals surface area contributed by atoms with Crippen LogP contribution in [0.4, 0.5) is 0 Å². The van der Waals surface area contributed by atoms with Crippen LogP contribution in [0.1, 0.15) is 37.7 Å². The van der Waals surface area contributed by atoms with Gasteiger partial charge in [0.1, 0.15) is 5.54 Å². The third-order valence-electron chi connectivity index (χ3n) is 4.52. The van der Waals surface area contributed by atoms with Gasteiger partial charge in [-0.15, -0.1) is 0 Å². The SMILES string of the molecule is CNC(CN1CCCCCCC1)(C(N)=O)c1ccccc1. The van der Waals surface area contributed by atoms with Crippen LogP contribution in [-0.2, 0) is 10.3 Å². The highest BCUT2D eigenvalue weighted by Crippen LogP contribution is 2.23. The second-order valence-electron chi connectivity index (χ2n) is 5.93. The Hall–Kier alpha value is -1.39. The zero-order chi connectivity index (χ0) is 15.1. The van der Waals surface area contributed by atoms with Crippen LogP contribution >= 0.6 is 0 Å². The molecule has 21 heavy (non-hydrogen) atoms. The van der Waals surface area contributed by atoms with Gasteiger partial charge in [0.2, 0.25) is 5.91 Å². The van der Waals surface area contributed by atoms with E-state index in [4.69, 9.17) is 5.73 Å². The minimum atomic E-state index is -0.805. The van der Waals surface area contributed by atoms with Crippen LogP contribution in [-0.4, -0.2) is 37.5 Å². The van der Waals surface area contributed by atoms with E-state index in [9.17, 15) is 4.79 Å². The predicted molar refractivity (Wildman–Crippen MR) is 85.9 cm³/mol. The van der Waals surface area contributed by atoms with Gasteiger partial charge in [0.25, 0.3) is 0 Å². The van der Waals surface area contributed by atoms with Gasteiger partial charge in [0.05, 0.1) is 0 Å². The lowest BCUT2D eigenvalue weighted by Crippen LogP contribution is -2.58. The second-order valence-corrected chi connectivity index (χ2v) is 5.93. The molecule has 1 unspecified atom stereocenters. The fourth-order valence-electron chi connectivity index (χ4n) is 3.19. The average Bonchev–Trinajstić information content (AvgIpc) is 2.47. The van der Waals surface area contributed by atoms with Crippen molar-refractivity contribution in [3.05, 3.63) is 35.9 Å². The van der Waals surface area contributed by atoms with Crippen LogP contribution in [0, 0.1) is 0 Å². The van der Waals surface area contributed by atoms with Gasteiger partial charge in [0.15, 0.2) is 0 Å². The molecule has 0 spiro atoms. The van der Waals surface area contributed by atoms with E-state index in [1.807, 2.05) is 37.4 Å². The number of likely N-dealkylation sites (tertiary alicyclic amines) is 1. The molecule has 0 bridgehead atoms. The highest BCUT2D eigenvalue weighted by atomic mass is 16.1. The predicted octanol–water partition coefficient (Wildman–Crippen LogP) is 1.85. The molecule has 1 aliphatic heterocycles. The monoisotopic (exact) mass is 289 g/mol. The highest BCUT2D eigenvalue weighted by molar-refractivity contribution is 5.86. The summed E-state index contributed by atoms with van der Waals surface area (Å²) in [6.45, 7) is 2.73. The molecule has 116 valence electrons. The Balaban J connectivity index is 2.21. The first-order chi connectivity index (χ1) is 10.2. The van der Waals surface area contributed by atoms with Crippen LogP contribution in [0.15, 0.2) is 30.3 Å². The van der Waals surface area contributed by atoms with E-state index in [1.165, 1.54) is 32.1 Å². The fraction of sp³-hybridized carbons (Fsp3) is 0.588. The average molecular weight is 289 g/mol. The third kappa shape index (κ3) is 3.83. The molecule has 1 aliphatic rings. The summed E-state index contributed by atoms with van der Waals surface area (Å²) in [6, 6.07) is 9.83. The number of primary amides is 1. The summed E-state index contributed by atoms with van der Waals surface area (Å²) >= 11 is 0. The lowest BCUT2D eigenvalue weighted by molar-refractivity contribution is -0.125. The van der Waals surface area contributed by atoms with Gasteiger partial charge >= 0.3 is 0 Å². The third-order valence-corrected chi connectivity index (χ3v) is 4.52. The first-order valence-electron chi connectivity index (χ1n) is 7.96.